The van der Waals surface area contributed by atoms with Gasteiger partial charge in [-0.2, -0.15) is 0 Å². The molecule has 18 heavy (non-hydrogen) atoms. The summed E-state index contributed by atoms with van der Waals surface area (Å²) >= 11 is 12.0. The molecule has 1 amide bonds. The first-order chi connectivity index (χ1) is 8.65. The molecule has 2 saturated carbocycles. The van der Waals surface area contributed by atoms with Crippen molar-refractivity contribution in [1.82, 2.24) is 0 Å². The molecule has 2 aliphatic carbocycles. The standard InChI is InChI=1S/C14H15Cl2NO/c15-11-2-1-3-12(13(11)16)17-14(18)10-7-8-4-5-9(10)6-8/h1-3,8-10H,4-7H2,(H,17,18). The smallest absolute Gasteiger partial charge is 0.227 e. The highest BCUT2D eigenvalue weighted by Crippen LogP contribution is 2.48. The van der Waals surface area contributed by atoms with Crippen LogP contribution in [0.4, 0.5) is 5.69 Å². The largest absolute Gasteiger partial charge is 0.324 e. The van der Waals surface area contributed by atoms with Crippen molar-refractivity contribution in [3.8, 4) is 0 Å². The van der Waals surface area contributed by atoms with Gasteiger partial charge in [0.1, 0.15) is 0 Å². The summed E-state index contributed by atoms with van der Waals surface area (Å²) in [5, 5.41) is 3.82. The van der Waals surface area contributed by atoms with E-state index in [1.54, 1.807) is 18.2 Å². The van der Waals surface area contributed by atoms with Gasteiger partial charge in [0.15, 0.2) is 0 Å². The average Bonchev–Trinajstić information content (AvgIpc) is 2.97. The Kier molecular flexibility index (Phi) is 3.25. The van der Waals surface area contributed by atoms with Crippen LogP contribution >= 0.6 is 23.2 Å². The average molecular weight is 284 g/mol. The molecule has 1 aromatic carbocycles. The molecule has 1 N–H and O–H groups in total. The maximum absolute atomic E-state index is 12.3. The summed E-state index contributed by atoms with van der Waals surface area (Å²) in [5.74, 6) is 1.61. The molecule has 3 atom stereocenters. The van der Waals surface area contributed by atoms with Crippen molar-refractivity contribution in [2.24, 2.45) is 17.8 Å². The van der Waals surface area contributed by atoms with Crippen LogP contribution in [0.1, 0.15) is 25.7 Å². The first-order valence-corrected chi connectivity index (χ1v) is 7.15. The minimum absolute atomic E-state index is 0.103. The third-order valence-corrected chi connectivity index (χ3v) is 5.10. The summed E-state index contributed by atoms with van der Waals surface area (Å²) < 4.78 is 0. The Morgan fingerprint density at radius 2 is 2.06 bits per heavy atom. The molecule has 0 radical (unpaired) electrons. The van der Waals surface area contributed by atoms with Crippen LogP contribution in [0.3, 0.4) is 0 Å². The van der Waals surface area contributed by atoms with Gasteiger partial charge in [-0.25, -0.2) is 0 Å². The molecule has 0 saturated heterocycles. The number of amides is 1. The number of carbonyl (C=O) groups excluding carboxylic acids is 1. The second-order valence-electron chi connectivity index (χ2n) is 5.37. The lowest BCUT2D eigenvalue weighted by Crippen LogP contribution is -2.27. The monoisotopic (exact) mass is 283 g/mol. The van der Waals surface area contributed by atoms with Crippen LogP contribution in [0.5, 0.6) is 0 Å². The number of benzene rings is 1. The fourth-order valence-electron chi connectivity index (χ4n) is 3.39. The number of anilines is 1. The van der Waals surface area contributed by atoms with E-state index in [9.17, 15) is 4.79 Å². The summed E-state index contributed by atoms with van der Waals surface area (Å²) in [6.07, 6.45) is 4.76. The Morgan fingerprint density at radius 3 is 2.72 bits per heavy atom. The molecule has 2 nitrogen and oxygen atoms in total. The maximum atomic E-state index is 12.3. The van der Waals surface area contributed by atoms with Crippen molar-refractivity contribution in [2.75, 3.05) is 5.32 Å². The summed E-state index contributed by atoms with van der Waals surface area (Å²) in [4.78, 5) is 12.3. The van der Waals surface area contributed by atoms with E-state index in [2.05, 4.69) is 5.32 Å². The van der Waals surface area contributed by atoms with E-state index in [1.165, 1.54) is 19.3 Å². The molecule has 96 valence electrons. The minimum Gasteiger partial charge on any atom is -0.324 e. The number of fused-ring (bicyclic) bond motifs is 2. The van der Waals surface area contributed by atoms with Crippen LogP contribution in [0.15, 0.2) is 18.2 Å². The predicted molar refractivity (Wildman–Crippen MR) is 74.0 cm³/mol. The third-order valence-electron chi connectivity index (χ3n) is 4.28. The number of nitrogens with one attached hydrogen (secondary N) is 1. The predicted octanol–water partition coefficient (Wildman–Crippen LogP) is 4.37. The quantitative estimate of drug-likeness (QED) is 0.858. The second-order valence-corrected chi connectivity index (χ2v) is 6.16. The molecule has 1 aromatic rings. The molecular weight excluding hydrogens is 269 g/mol. The molecule has 0 spiro atoms. The van der Waals surface area contributed by atoms with Crippen LogP contribution in [0.2, 0.25) is 10.0 Å². The zero-order valence-electron chi connectivity index (χ0n) is 9.96. The van der Waals surface area contributed by atoms with Gasteiger partial charge in [-0.15, -0.1) is 0 Å². The molecule has 0 aliphatic heterocycles. The van der Waals surface area contributed by atoms with E-state index < -0.39 is 0 Å². The molecular formula is C14H15Cl2NO. The van der Waals surface area contributed by atoms with Crippen molar-refractivity contribution in [1.29, 1.82) is 0 Å². The lowest BCUT2D eigenvalue weighted by Gasteiger charge is -2.21. The van der Waals surface area contributed by atoms with Gasteiger partial charge < -0.3 is 5.32 Å². The highest BCUT2D eigenvalue weighted by atomic mass is 35.5. The lowest BCUT2D eigenvalue weighted by atomic mass is 9.88. The zero-order chi connectivity index (χ0) is 12.7. The lowest BCUT2D eigenvalue weighted by molar-refractivity contribution is -0.121. The first kappa shape index (κ1) is 12.3. The van der Waals surface area contributed by atoms with Gasteiger partial charge in [0.05, 0.1) is 15.7 Å². The van der Waals surface area contributed by atoms with Gasteiger partial charge in [-0.05, 0) is 43.2 Å². The summed E-state index contributed by atoms with van der Waals surface area (Å²) in [7, 11) is 0. The minimum atomic E-state index is 0.103. The number of rotatable bonds is 2. The molecule has 3 rings (SSSR count). The van der Waals surface area contributed by atoms with E-state index in [0.29, 0.717) is 21.7 Å². The second kappa shape index (κ2) is 4.75. The van der Waals surface area contributed by atoms with E-state index in [0.717, 1.165) is 12.3 Å². The van der Waals surface area contributed by atoms with Crippen LogP contribution in [-0.2, 0) is 4.79 Å². The van der Waals surface area contributed by atoms with E-state index in [-0.39, 0.29) is 11.8 Å². The van der Waals surface area contributed by atoms with E-state index in [1.807, 2.05) is 0 Å². The van der Waals surface area contributed by atoms with Crippen molar-refractivity contribution < 1.29 is 4.79 Å². The van der Waals surface area contributed by atoms with Crippen molar-refractivity contribution in [3.63, 3.8) is 0 Å². The van der Waals surface area contributed by atoms with Crippen molar-refractivity contribution in [3.05, 3.63) is 28.2 Å². The number of hydrogen-bond acceptors (Lipinski definition) is 1. The Labute approximate surface area is 117 Å². The molecule has 2 aliphatic rings. The summed E-state index contributed by atoms with van der Waals surface area (Å²) in [6.45, 7) is 0. The molecule has 0 heterocycles. The maximum Gasteiger partial charge on any atom is 0.227 e. The Bertz CT molecular complexity index is 489. The third kappa shape index (κ3) is 2.12. The van der Waals surface area contributed by atoms with Gasteiger partial charge in [0.2, 0.25) is 5.91 Å². The van der Waals surface area contributed by atoms with E-state index >= 15 is 0 Å². The molecule has 2 fully saturated rings. The van der Waals surface area contributed by atoms with Crippen LogP contribution in [-0.4, -0.2) is 5.91 Å². The summed E-state index contributed by atoms with van der Waals surface area (Å²) in [5.41, 5.74) is 0.622. The first-order valence-electron chi connectivity index (χ1n) is 6.40. The fourth-order valence-corrected chi connectivity index (χ4v) is 3.74. The molecule has 4 heteroatoms. The summed E-state index contributed by atoms with van der Waals surface area (Å²) in [6, 6.07) is 5.31. The van der Waals surface area contributed by atoms with Crippen LogP contribution in [0, 0.1) is 17.8 Å². The molecule has 2 bridgehead atoms. The molecule has 3 unspecified atom stereocenters. The Balaban J connectivity index is 1.73. The van der Waals surface area contributed by atoms with E-state index in [4.69, 9.17) is 23.2 Å². The molecule has 0 aromatic heterocycles. The highest BCUT2D eigenvalue weighted by Gasteiger charge is 2.43. The van der Waals surface area contributed by atoms with Crippen LogP contribution in [0.25, 0.3) is 0 Å². The fraction of sp³-hybridized carbons (Fsp3) is 0.500. The van der Waals surface area contributed by atoms with Gasteiger partial charge in [-0.1, -0.05) is 35.7 Å². The number of halogens is 2. The SMILES string of the molecule is O=C(Nc1cccc(Cl)c1Cl)C1CC2CCC1C2. The van der Waals surface area contributed by atoms with Gasteiger partial charge in [-0.3, -0.25) is 4.79 Å². The topological polar surface area (TPSA) is 29.1 Å². The van der Waals surface area contributed by atoms with Crippen molar-refractivity contribution >= 4 is 34.8 Å². The number of carbonyl (C=O) groups is 1. The van der Waals surface area contributed by atoms with Crippen molar-refractivity contribution in [2.45, 2.75) is 25.7 Å². The Hall–Kier alpha value is -0.730. The Morgan fingerprint density at radius 1 is 1.22 bits per heavy atom. The van der Waals surface area contributed by atoms with Gasteiger partial charge in [0.25, 0.3) is 0 Å². The van der Waals surface area contributed by atoms with Gasteiger partial charge >= 0.3 is 0 Å². The highest BCUT2D eigenvalue weighted by molar-refractivity contribution is 6.44. The normalized spacial score (nSPS) is 29.6. The van der Waals surface area contributed by atoms with Crippen LogP contribution < -0.4 is 5.32 Å². The van der Waals surface area contributed by atoms with Gasteiger partial charge in [0, 0.05) is 5.92 Å². The number of hydrogen-bond donors (Lipinski definition) is 1. The zero-order valence-corrected chi connectivity index (χ0v) is 11.5.